The van der Waals surface area contributed by atoms with Crippen molar-refractivity contribution in [1.29, 1.82) is 0 Å². The van der Waals surface area contributed by atoms with Gasteiger partial charge in [-0.2, -0.15) is 0 Å². The topological polar surface area (TPSA) is 73.6 Å². The van der Waals surface area contributed by atoms with Crippen LogP contribution in [-0.2, 0) is 27.9 Å². The first-order chi connectivity index (χ1) is 24.6. The van der Waals surface area contributed by atoms with Crippen molar-refractivity contribution >= 4 is 17.0 Å². The van der Waals surface area contributed by atoms with E-state index in [9.17, 15) is 9.90 Å². The summed E-state index contributed by atoms with van der Waals surface area (Å²) in [6.07, 6.45) is 6.68. The number of phenols is 1. The van der Waals surface area contributed by atoms with Crippen LogP contribution in [0, 0.1) is 11.3 Å². The summed E-state index contributed by atoms with van der Waals surface area (Å²) in [4.78, 5) is 17.0. The van der Waals surface area contributed by atoms with Crippen LogP contribution in [-0.4, -0.2) is 33.8 Å². The average molecular weight is 685 g/mol. The summed E-state index contributed by atoms with van der Waals surface area (Å²) in [6, 6.07) is 29.8. The fourth-order valence-corrected chi connectivity index (χ4v) is 9.29. The van der Waals surface area contributed by atoms with Crippen molar-refractivity contribution in [1.82, 2.24) is 9.55 Å². The predicted molar refractivity (Wildman–Crippen MR) is 205 cm³/mol. The number of esters is 1. The summed E-state index contributed by atoms with van der Waals surface area (Å²) in [5.41, 5.74) is 9.62. The molecule has 1 saturated carbocycles. The molecule has 2 aliphatic carbocycles. The van der Waals surface area contributed by atoms with Gasteiger partial charge in [0.25, 0.3) is 0 Å². The number of ether oxygens (including phenoxy) is 2. The zero-order valence-electron chi connectivity index (χ0n) is 30.9. The fraction of sp³-hybridized carbons (Fsp3) is 0.422. The monoisotopic (exact) mass is 684 g/mol. The third-order valence-corrected chi connectivity index (χ3v) is 11.9. The van der Waals surface area contributed by atoms with Crippen molar-refractivity contribution < 1.29 is 19.4 Å². The Bertz CT molecular complexity index is 2030. The molecule has 1 aromatic heterocycles. The van der Waals surface area contributed by atoms with Gasteiger partial charge in [-0.05, 0) is 114 Å². The summed E-state index contributed by atoms with van der Waals surface area (Å²) in [7, 11) is 0. The zero-order chi connectivity index (χ0) is 35.8. The standard InChI is InChI=1S/C45H52N2O4/c1-6-50-42(49)14-10-25-51-35-18-19-36(40(48)28-35)43-46-38-27-33(31-12-8-7-9-13-31)16-21-39(38)47(43)29-44(4)23-11-24-45(5)37-20-15-32(30(2)3)26-34(37)17-22-41(44)45/h7-9,12-13,15-16,18-21,26-28,30,41,48H,6,10-11,14,17,22-25,29H2,1-5H3/t41-,44+,45+/m0/s1. The summed E-state index contributed by atoms with van der Waals surface area (Å²) in [5.74, 6) is 2.28. The second kappa shape index (κ2) is 14.2. The predicted octanol–water partition coefficient (Wildman–Crippen LogP) is 10.6. The van der Waals surface area contributed by atoms with Gasteiger partial charge in [0.15, 0.2) is 0 Å². The van der Waals surface area contributed by atoms with E-state index in [1.54, 1.807) is 24.1 Å². The number of imidazole rings is 1. The third-order valence-electron chi connectivity index (χ3n) is 11.9. The lowest BCUT2D eigenvalue weighted by Crippen LogP contribution is -2.50. The van der Waals surface area contributed by atoms with Crippen LogP contribution in [0.5, 0.6) is 11.5 Å². The molecule has 6 heteroatoms. The molecule has 0 spiro atoms. The zero-order valence-corrected chi connectivity index (χ0v) is 30.9. The van der Waals surface area contributed by atoms with Gasteiger partial charge < -0.3 is 19.1 Å². The highest BCUT2D eigenvalue weighted by atomic mass is 16.5. The van der Waals surface area contributed by atoms with Gasteiger partial charge in [-0.1, -0.05) is 88.7 Å². The van der Waals surface area contributed by atoms with Crippen LogP contribution in [0.15, 0.2) is 84.9 Å². The lowest BCUT2D eigenvalue weighted by Gasteiger charge is -2.56. The van der Waals surface area contributed by atoms with Crippen LogP contribution in [0.4, 0.5) is 0 Å². The number of benzene rings is 4. The molecular formula is C45H52N2O4. The van der Waals surface area contributed by atoms with Crippen LogP contribution >= 0.6 is 0 Å². The van der Waals surface area contributed by atoms with Crippen LogP contribution in [0.1, 0.15) is 95.8 Å². The first kappa shape index (κ1) is 34.9. The van der Waals surface area contributed by atoms with Crippen molar-refractivity contribution in [2.75, 3.05) is 13.2 Å². The van der Waals surface area contributed by atoms with Crippen molar-refractivity contribution in [3.8, 4) is 34.0 Å². The Labute approximate surface area is 302 Å². The minimum absolute atomic E-state index is 0.0273. The van der Waals surface area contributed by atoms with Crippen LogP contribution in [0.25, 0.3) is 33.5 Å². The van der Waals surface area contributed by atoms with E-state index in [0.29, 0.717) is 49.2 Å². The molecule has 0 bridgehead atoms. The van der Waals surface area contributed by atoms with Gasteiger partial charge in [-0.25, -0.2) is 4.98 Å². The molecule has 1 N–H and O–H groups in total. The van der Waals surface area contributed by atoms with Gasteiger partial charge in [0.1, 0.15) is 17.3 Å². The smallest absolute Gasteiger partial charge is 0.305 e. The number of phenolic OH excluding ortho intramolecular Hbond substituents is 1. The maximum Gasteiger partial charge on any atom is 0.305 e. The highest BCUT2D eigenvalue weighted by Crippen LogP contribution is 2.58. The fourth-order valence-electron chi connectivity index (χ4n) is 9.29. The normalized spacial score (nSPS) is 21.3. The summed E-state index contributed by atoms with van der Waals surface area (Å²) in [6.45, 7) is 13.0. The molecule has 7 rings (SSSR count). The highest BCUT2D eigenvalue weighted by molar-refractivity contribution is 5.86. The number of carbonyl (C=O) groups is 1. The number of nitrogens with zero attached hydrogens (tertiary/aromatic N) is 2. The maximum atomic E-state index is 11.7. The van der Waals surface area contributed by atoms with Gasteiger partial charge in [0, 0.05) is 19.0 Å². The largest absolute Gasteiger partial charge is 0.507 e. The Morgan fingerprint density at radius 3 is 2.57 bits per heavy atom. The number of aromatic nitrogens is 2. The van der Waals surface area contributed by atoms with Crippen molar-refractivity contribution in [3.63, 3.8) is 0 Å². The van der Waals surface area contributed by atoms with E-state index < -0.39 is 0 Å². The molecule has 0 amide bonds. The highest BCUT2D eigenvalue weighted by Gasteiger charge is 2.52. The van der Waals surface area contributed by atoms with E-state index in [4.69, 9.17) is 14.5 Å². The number of fused-ring (bicyclic) bond motifs is 4. The Kier molecular flexibility index (Phi) is 9.71. The lowest BCUT2D eigenvalue weighted by atomic mass is 9.49. The van der Waals surface area contributed by atoms with Gasteiger partial charge in [-0.15, -0.1) is 0 Å². The second-order valence-corrected chi connectivity index (χ2v) is 15.6. The summed E-state index contributed by atoms with van der Waals surface area (Å²) >= 11 is 0. The first-order valence-electron chi connectivity index (χ1n) is 18.9. The molecule has 266 valence electrons. The van der Waals surface area contributed by atoms with E-state index >= 15 is 0 Å². The van der Waals surface area contributed by atoms with E-state index in [1.807, 2.05) is 18.2 Å². The average Bonchev–Trinajstić information content (AvgIpc) is 3.46. The van der Waals surface area contributed by atoms with E-state index in [-0.39, 0.29) is 22.5 Å². The molecule has 1 fully saturated rings. The number of hydrogen-bond donors (Lipinski definition) is 1. The number of rotatable bonds is 11. The van der Waals surface area contributed by atoms with Crippen LogP contribution in [0.2, 0.25) is 0 Å². The van der Waals surface area contributed by atoms with Crippen molar-refractivity contribution in [2.45, 2.75) is 97.4 Å². The molecule has 51 heavy (non-hydrogen) atoms. The van der Waals surface area contributed by atoms with Crippen LogP contribution < -0.4 is 4.74 Å². The molecule has 0 aliphatic heterocycles. The molecule has 1 heterocycles. The van der Waals surface area contributed by atoms with E-state index in [2.05, 4.69) is 92.9 Å². The van der Waals surface area contributed by atoms with Gasteiger partial charge in [-0.3, -0.25) is 4.79 Å². The maximum absolute atomic E-state index is 11.7. The van der Waals surface area contributed by atoms with Gasteiger partial charge in [0.2, 0.25) is 0 Å². The minimum atomic E-state index is -0.224. The molecule has 0 saturated heterocycles. The Hall–Kier alpha value is -4.58. The lowest BCUT2D eigenvalue weighted by molar-refractivity contribution is -0.143. The molecule has 3 atom stereocenters. The second-order valence-electron chi connectivity index (χ2n) is 15.6. The molecule has 2 aliphatic rings. The first-order valence-corrected chi connectivity index (χ1v) is 18.9. The van der Waals surface area contributed by atoms with Gasteiger partial charge >= 0.3 is 5.97 Å². The molecule has 6 nitrogen and oxygen atoms in total. The summed E-state index contributed by atoms with van der Waals surface area (Å²) < 4.78 is 13.3. The molecule has 0 radical (unpaired) electrons. The molecular weight excluding hydrogens is 633 g/mol. The van der Waals surface area contributed by atoms with Crippen LogP contribution in [0.3, 0.4) is 0 Å². The molecule has 5 aromatic rings. The Morgan fingerprint density at radius 1 is 0.980 bits per heavy atom. The minimum Gasteiger partial charge on any atom is -0.507 e. The Balaban J connectivity index is 1.24. The summed E-state index contributed by atoms with van der Waals surface area (Å²) in [5, 5.41) is 11.5. The molecule has 4 aromatic carbocycles. The number of hydrogen-bond acceptors (Lipinski definition) is 5. The number of aryl methyl sites for hydroxylation is 1. The number of aromatic hydroxyl groups is 1. The third kappa shape index (κ3) is 6.78. The Morgan fingerprint density at radius 2 is 1.80 bits per heavy atom. The quantitative estimate of drug-likeness (QED) is 0.111. The SMILES string of the molecule is CCOC(=O)CCCOc1ccc(-c2nc3cc(-c4ccccc4)ccc3n2C[C@@]2(C)CCC[C@]3(C)c4ccc(C(C)C)cc4CC[C@@H]23)c(O)c1. The van der Waals surface area contributed by atoms with Crippen molar-refractivity contribution in [2.24, 2.45) is 11.3 Å². The van der Waals surface area contributed by atoms with Crippen molar-refractivity contribution in [3.05, 3.63) is 102 Å². The number of carbonyl (C=O) groups excluding carboxylic acids is 1. The van der Waals surface area contributed by atoms with E-state index in [0.717, 1.165) is 47.4 Å². The van der Waals surface area contributed by atoms with E-state index in [1.165, 1.54) is 24.8 Å². The molecule has 0 unspecified atom stereocenters. The van der Waals surface area contributed by atoms with Gasteiger partial charge in [0.05, 0.1) is 29.8 Å².